The molecule has 5 nitrogen and oxygen atoms in total. The number of carbonyl (C=O) groups is 1. The monoisotopic (exact) mass is 440 g/mol. The number of carbonyl (C=O) groups excluding carboxylic acids is 1. The number of ether oxygens (including phenoxy) is 2. The molecule has 1 fully saturated rings. The van der Waals surface area contributed by atoms with Gasteiger partial charge in [0.25, 0.3) is 0 Å². The van der Waals surface area contributed by atoms with Crippen LogP contribution in [0.25, 0.3) is 6.08 Å². The number of aromatic nitrogens is 1. The van der Waals surface area contributed by atoms with Crippen molar-refractivity contribution in [2.45, 2.75) is 12.5 Å². The molecule has 1 saturated heterocycles. The minimum atomic E-state index is -0.610. The highest BCUT2D eigenvalue weighted by atomic mass is 32.2. The summed E-state index contributed by atoms with van der Waals surface area (Å²) in [4.78, 5) is 17.5. The number of methoxy groups -OCH3 is 1. The number of Topliss-reactive ketones (excluding diaryl/α,β-unsaturated/α-hetero) is 1. The van der Waals surface area contributed by atoms with Crippen LogP contribution in [0.2, 0.25) is 0 Å². The Morgan fingerprint density at radius 1 is 1.20 bits per heavy atom. The molecule has 3 aromatic rings. The number of thiazole rings is 1. The molecule has 8 heteroatoms. The summed E-state index contributed by atoms with van der Waals surface area (Å²) in [5, 5.41) is 10.9. The van der Waals surface area contributed by atoms with E-state index in [1.54, 1.807) is 49.0 Å². The van der Waals surface area contributed by atoms with E-state index in [4.69, 9.17) is 14.9 Å². The van der Waals surface area contributed by atoms with Gasteiger partial charge in [0.1, 0.15) is 23.3 Å². The topological polar surface area (TPSA) is 72.3 Å². The van der Waals surface area contributed by atoms with Crippen molar-refractivity contribution < 1.29 is 18.7 Å². The molecule has 2 heterocycles. The third kappa shape index (κ3) is 4.29. The molecule has 0 saturated carbocycles. The van der Waals surface area contributed by atoms with Crippen molar-refractivity contribution in [1.82, 2.24) is 4.98 Å². The van der Waals surface area contributed by atoms with Crippen LogP contribution >= 0.6 is 23.1 Å². The fourth-order valence-corrected chi connectivity index (χ4v) is 4.78. The number of hydrogen-bond donors (Lipinski definition) is 1. The minimum absolute atomic E-state index is 0.115. The van der Waals surface area contributed by atoms with E-state index in [1.807, 2.05) is 6.07 Å². The standard InChI is InChI=1S/C22H17FN2O3S2/c1-27-17-10-14(4-7-16(17)28-12-13-2-5-15(23)6-3-13)11-18-20(26)19(21(24)30-18)22-25-8-9-29-22/h2-11,19,24H,12H2,1H3/b18-11-,24-21?/t19-/m0/s1. The van der Waals surface area contributed by atoms with Gasteiger partial charge in [-0.25, -0.2) is 9.37 Å². The van der Waals surface area contributed by atoms with Gasteiger partial charge in [0.15, 0.2) is 17.3 Å². The maximum atomic E-state index is 13.0. The van der Waals surface area contributed by atoms with Crippen LogP contribution in [0.5, 0.6) is 11.5 Å². The molecule has 0 radical (unpaired) electrons. The zero-order valence-electron chi connectivity index (χ0n) is 15.9. The zero-order chi connectivity index (χ0) is 21.1. The summed E-state index contributed by atoms with van der Waals surface area (Å²) < 4.78 is 24.3. The second kappa shape index (κ2) is 8.81. The molecule has 1 atom stereocenters. The van der Waals surface area contributed by atoms with Crippen molar-refractivity contribution in [3.63, 3.8) is 0 Å². The number of benzene rings is 2. The SMILES string of the molecule is COc1cc(/C=C2\SC(=N)[C@@H](c3nccs3)C2=O)ccc1OCc1ccc(F)cc1. The highest BCUT2D eigenvalue weighted by Crippen LogP contribution is 2.41. The molecular weight excluding hydrogens is 423 g/mol. The third-order valence-electron chi connectivity index (χ3n) is 4.48. The molecule has 152 valence electrons. The summed E-state index contributed by atoms with van der Waals surface area (Å²) >= 11 is 2.54. The Morgan fingerprint density at radius 3 is 2.70 bits per heavy atom. The number of halogens is 1. The predicted molar refractivity (Wildman–Crippen MR) is 117 cm³/mol. The lowest BCUT2D eigenvalue weighted by atomic mass is 10.0. The summed E-state index contributed by atoms with van der Waals surface area (Å²) in [5.74, 6) is 0.0477. The lowest BCUT2D eigenvalue weighted by molar-refractivity contribution is -0.114. The average Bonchev–Trinajstić information content (AvgIpc) is 3.36. The zero-order valence-corrected chi connectivity index (χ0v) is 17.6. The first-order valence-corrected chi connectivity index (χ1v) is 10.7. The van der Waals surface area contributed by atoms with Gasteiger partial charge in [-0.1, -0.05) is 30.0 Å². The second-order valence-corrected chi connectivity index (χ2v) is 8.48. The number of hydrogen-bond acceptors (Lipinski definition) is 7. The lowest BCUT2D eigenvalue weighted by Crippen LogP contribution is -2.11. The van der Waals surface area contributed by atoms with Crippen molar-refractivity contribution in [3.8, 4) is 11.5 Å². The second-order valence-electron chi connectivity index (χ2n) is 6.47. The highest BCUT2D eigenvalue weighted by Gasteiger charge is 2.38. The van der Waals surface area contributed by atoms with Gasteiger partial charge >= 0.3 is 0 Å². The van der Waals surface area contributed by atoms with Crippen LogP contribution in [-0.4, -0.2) is 22.9 Å². The van der Waals surface area contributed by atoms with Gasteiger partial charge in [-0.05, 0) is 41.5 Å². The maximum absolute atomic E-state index is 13.0. The third-order valence-corrected chi connectivity index (χ3v) is 6.31. The quantitative estimate of drug-likeness (QED) is 0.528. The van der Waals surface area contributed by atoms with Crippen LogP contribution in [0.1, 0.15) is 22.1 Å². The maximum Gasteiger partial charge on any atom is 0.186 e. The summed E-state index contributed by atoms with van der Waals surface area (Å²) in [6, 6.07) is 11.5. The van der Waals surface area contributed by atoms with Crippen LogP contribution < -0.4 is 9.47 Å². The molecular formula is C22H17FN2O3S2. The van der Waals surface area contributed by atoms with E-state index in [0.717, 1.165) is 22.9 Å². The van der Waals surface area contributed by atoms with Crippen molar-refractivity contribution in [1.29, 1.82) is 5.41 Å². The number of nitrogens with zero attached hydrogens (tertiary/aromatic N) is 1. The molecule has 0 unspecified atom stereocenters. The Kier molecular flexibility index (Phi) is 5.96. The molecule has 1 N–H and O–H groups in total. The summed E-state index contributed by atoms with van der Waals surface area (Å²) in [6.45, 7) is 0.276. The van der Waals surface area contributed by atoms with E-state index in [1.165, 1.54) is 23.5 Å². The smallest absolute Gasteiger partial charge is 0.186 e. The van der Waals surface area contributed by atoms with E-state index in [9.17, 15) is 9.18 Å². The van der Waals surface area contributed by atoms with Crippen LogP contribution in [0, 0.1) is 11.2 Å². The number of rotatable bonds is 6. The fraction of sp³-hybridized carbons (Fsp3) is 0.136. The van der Waals surface area contributed by atoms with Crippen molar-refractivity contribution >= 4 is 40.0 Å². The largest absolute Gasteiger partial charge is 0.493 e. The van der Waals surface area contributed by atoms with Crippen LogP contribution in [-0.2, 0) is 11.4 Å². The molecule has 0 spiro atoms. The molecule has 2 aromatic carbocycles. The van der Waals surface area contributed by atoms with Gasteiger partial charge in [-0.3, -0.25) is 10.2 Å². The van der Waals surface area contributed by atoms with E-state index < -0.39 is 5.92 Å². The number of thioether (sulfide) groups is 1. The lowest BCUT2D eigenvalue weighted by Gasteiger charge is -2.11. The summed E-state index contributed by atoms with van der Waals surface area (Å²) in [5.41, 5.74) is 1.61. The Labute approximate surface area is 181 Å². The Morgan fingerprint density at radius 2 is 2.00 bits per heavy atom. The molecule has 1 aromatic heterocycles. The molecule has 0 bridgehead atoms. The summed E-state index contributed by atoms with van der Waals surface area (Å²) in [7, 11) is 1.54. The molecule has 30 heavy (non-hydrogen) atoms. The minimum Gasteiger partial charge on any atom is -0.493 e. The fourth-order valence-electron chi connectivity index (χ4n) is 2.98. The molecule has 0 amide bonds. The first-order valence-electron chi connectivity index (χ1n) is 9.02. The van der Waals surface area contributed by atoms with E-state index in [-0.39, 0.29) is 23.3 Å². The molecule has 0 aliphatic carbocycles. The average molecular weight is 441 g/mol. The van der Waals surface area contributed by atoms with E-state index >= 15 is 0 Å². The van der Waals surface area contributed by atoms with Crippen molar-refractivity contribution in [2.75, 3.05) is 7.11 Å². The van der Waals surface area contributed by atoms with Gasteiger partial charge in [0.2, 0.25) is 0 Å². The van der Waals surface area contributed by atoms with Crippen LogP contribution in [0.3, 0.4) is 0 Å². The number of nitrogens with one attached hydrogen (secondary N) is 1. The summed E-state index contributed by atoms with van der Waals surface area (Å²) in [6.07, 6.45) is 3.39. The van der Waals surface area contributed by atoms with Crippen molar-refractivity contribution in [2.24, 2.45) is 0 Å². The molecule has 4 rings (SSSR count). The van der Waals surface area contributed by atoms with Gasteiger partial charge in [-0.2, -0.15) is 0 Å². The molecule has 1 aliphatic rings. The van der Waals surface area contributed by atoms with E-state index in [0.29, 0.717) is 21.4 Å². The predicted octanol–water partition coefficient (Wildman–Crippen LogP) is 5.29. The first-order chi connectivity index (χ1) is 14.5. The first kappa shape index (κ1) is 20.3. The number of ketones is 1. The Bertz CT molecular complexity index is 1110. The highest BCUT2D eigenvalue weighted by molar-refractivity contribution is 8.19. The van der Waals surface area contributed by atoms with Gasteiger partial charge < -0.3 is 9.47 Å². The van der Waals surface area contributed by atoms with Crippen LogP contribution in [0.15, 0.2) is 58.9 Å². The Balaban J connectivity index is 1.52. The van der Waals surface area contributed by atoms with Crippen molar-refractivity contribution in [3.05, 3.63) is 80.9 Å². The van der Waals surface area contributed by atoms with Crippen LogP contribution in [0.4, 0.5) is 4.39 Å². The Hall–Kier alpha value is -2.97. The van der Waals surface area contributed by atoms with Gasteiger partial charge in [-0.15, -0.1) is 11.3 Å². The number of allylic oxidation sites excluding steroid dienone is 1. The molecule has 1 aliphatic heterocycles. The van der Waals surface area contributed by atoms with Gasteiger partial charge in [0, 0.05) is 11.6 Å². The van der Waals surface area contributed by atoms with E-state index in [2.05, 4.69) is 4.98 Å². The normalized spacial score (nSPS) is 17.5. The van der Waals surface area contributed by atoms with Gasteiger partial charge in [0.05, 0.1) is 17.1 Å².